The summed E-state index contributed by atoms with van der Waals surface area (Å²) in [5.41, 5.74) is 0.639. The van der Waals surface area contributed by atoms with Crippen LogP contribution < -0.4 is 4.90 Å². The number of benzene rings is 1. The molecule has 0 saturated carbocycles. The number of rotatable bonds is 2. The summed E-state index contributed by atoms with van der Waals surface area (Å²) in [7, 11) is 0. The topological polar surface area (TPSA) is 49.9 Å². The van der Waals surface area contributed by atoms with Gasteiger partial charge in [0.2, 0.25) is 0 Å². The molecule has 5 nitrogen and oxygen atoms in total. The maximum absolute atomic E-state index is 12.2. The molecule has 0 saturated heterocycles. The Balaban J connectivity index is 2.21. The molecule has 1 aliphatic rings. The molecule has 1 aromatic rings. The Kier molecular flexibility index (Phi) is 4.06. The molecule has 0 fully saturated rings. The molecular formula is C13H13ClN2O3. The van der Waals surface area contributed by atoms with E-state index in [1.807, 2.05) is 0 Å². The Bertz CT molecular complexity index is 513. The van der Waals surface area contributed by atoms with E-state index in [1.54, 1.807) is 43.5 Å². The number of hydrogen-bond acceptors (Lipinski definition) is 3. The van der Waals surface area contributed by atoms with Gasteiger partial charge in [0.25, 0.3) is 0 Å². The smallest absolute Gasteiger partial charge is 0.418 e. The van der Waals surface area contributed by atoms with Crippen LogP contribution in [0.2, 0.25) is 5.02 Å². The van der Waals surface area contributed by atoms with E-state index in [0.29, 0.717) is 10.7 Å². The summed E-state index contributed by atoms with van der Waals surface area (Å²) < 4.78 is 4.84. The van der Waals surface area contributed by atoms with Gasteiger partial charge in [-0.3, -0.25) is 4.90 Å². The van der Waals surface area contributed by atoms with Crippen LogP contribution in [0.5, 0.6) is 0 Å². The lowest BCUT2D eigenvalue weighted by atomic mass is 10.3. The molecule has 0 unspecified atom stereocenters. The van der Waals surface area contributed by atoms with Crippen molar-refractivity contribution in [3.63, 3.8) is 0 Å². The minimum atomic E-state index is -0.643. The van der Waals surface area contributed by atoms with Gasteiger partial charge in [-0.1, -0.05) is 11.6 Å². The first-order chi connectivity index (χ1) is 9.13. The minimum Gasteiger partial charge on any atom is -0.449 e. The van der Waals surface area contributed by atoms with Gasteiger partial charge < -0.3 is 4.74 Å². The predicted octanol–water partition coefficient (Wildman–Crippen LogP) is 3.25. The van der Waals surface area contributed by atoms with E-state index in [2.05, 4.69) is 0 Å². The molecular weight excluding hydrogens is 268 g/mol. The third-order valence-corrected chi connectivity index (χ3v) is 2.82. The second kappa shape index (κ2) is 5.75. The SMILES string of the molecule is CCOC(=O)N1CC=CN(c2ccc(Cl)cc2)C1=O. The third kappa shape index (κ3) is 2.88. The molecule has 0 bridgehead atoms. The zero-order valence-corrected chi connectivity index (χ0v) is 11.1. The van der Waals surface area contributed by atoms with Gasteiger partial charge in [0, 0.05) is 11.2 Å². The molecule has 19 heavy (non-hydrogen) atoms. The molecule has 3 amide bonds. The molecule has 0 aromatic heterocycles. The van der Waals surface area contributed by atoms with Gasteiger partial charge in [0.15, 0.2) is 0 Å². The lowest BCUT2D eigenvalue weighted by Gasteiger charge is -2.29. The number of anilines is 1. The molecule has 0 aliphatic carbocycles. The quantitative estimate of drug-likeness (QED) is 0.835. The second-order valence-electron chi connectivity index (χ2n) is 3.82. The number of urea groups is 1. The number of carbonyl (C=O) groups excluding carboxylic acids is 2. The van der Waals surface area contributed by atoms with Crippen LogP contribution in [0, 0.1) is 0 Å². The summed E-state index contributed by atoms with van der Waals surface area (Å²) >= 11 is 5.80. The molecule has 1 aliphatic heterocycles. The van der Waals surface area contributed by atoms with Crippen LogP contribution in [0.3, 0.4) is 0 Å². The number of imide groups is 1. The van der Waals surface area contributed by atoms with Gasteiger partial charge in [0.05, 0.1) is 18.8 Å². The molecule has 0 N–H and O–H groups in total. The van der Waals surface area contributed by atoms with Crippen molar-refractivity contribution in [2.75, 3.05) is 18.1 Å². The van der Waals surface area contributed by atoms with Crippen molar-refractivity contribution in [1.29, 1.82) is 0 Å². The molecule has 1 aromatic carbocycles. The Morgan fingerprint density at radius 2 is 2.05 bits per heavy atom. The van der Waals surface area contributed by atoms with E-state index in [0.717, 1.165) is 4.90 Å². The molecule has 1 heterocycles. The maximum Gasteiger partial charge on any atom is 0.418 e. The van der Waals surface area contributed by atoms with Crippen LogP contribution in [0.1, 0.15) is 6.92 Å². The normalized spacial score (nSPS) is 14.7. The zero-order chi connectivity index (χ0) is 13.8. The standard InChI is InChI=1S/C13H13ClN2O3/c1-2-19-13(18)16-9-3-8-15(12(16)17)11-6-4-10(14)5-7-11/h3-8H,2,9H2,1H3. The number of carbonyl (C=O) groups is 2. The molecule has 100 valence electrons. The van der Waals surface area contributed by atoms with Gasteiger partial charge in [0.1, 0.15) is 0 Å². The number of halogens is 1. The third-order valence-electron chi connectivity index (χ3n) is 2.57. The fourth-order valence-corrected chi connectivity index (χ4v) is 1.81. The highest BCUT2D eigenvalue weighted by molar-refractivity contribution is 6.30. The van der Waals surface area contributed by atoms with Crippen molar-refractivity contribution in [3.8, 4) is 0 Å². The number of ether oxygens (including phenoxy) is 1. The number of amides is 3. The molecule has 0 spiro atoms. The Morgan fingerprint density at radius 3 is 2.68 bits per heavy atom. The van der Waals surface area contributed by atoms with Gasteiger partial charge in [-0.05, 0) is 37.3 Å². The van der Waals surface area contributed by atoms with Crippen LogP contribution in [0.15, 0.2) is 36.5 Å². The highest BCUT2D eigenvalue weighted by atomic mass is 35.5. The Labute approximate surface area is 116 Å². The van der Waals surface area contributed by atoms with Crippen molar-refractivity contribution >= 4 is 29.4 Å². The number of nitrogens with zero attached hydrogens (tertiary/aromatic N) is 2. The van der Waals surface area contributed by atoms with Gasteiger partial charge >= 0.3 is 12.1 Å². The van der Waals surface area contributed by atoms with Crippen molar-refractivity contribution in [2.45, 2.75) is 6.92 Å². The first-order valence-electron chi connectivity index (χ1n) is 5.83. The zero-order valence-electron chi connectivity index (χ0n) is 10.4. The van der Waals surface area contributed by atoms with Crippen LogP contribution in [-0.4, -0.2) is 30.2 Å². The summed E-state index contributed by atoms with van der Waals surface area (Å²) in [6.45, 7) is 2.13. The summed E-state index contributed by atoms with van der Waals surface area (Å²) in [6, 6.07) is 6.34. The van der Waals surface area contributed by atoms with E-state index in [9.17, 15) is 9.59 Å². The summed E-state index contributed by atoms with van der Waals surface area (Å²) in [5.74, 6) is 0. The van der Waals surface area contributed by atoms with Gasteiger partial charge in [-0.25, -0.2) is 14.5 Å². The largest absolute Gasteiger partial charge is 0.449 e. The maximum atomic E-state index is 12.2. The van der Waals surface area contributed by atoms with Crippen molar-refractivity contribution in [1.82, 2.24) is 4.90 Å². The lowest BCUT2D eigenvalue weighted by molar-refractivity contribution is 0.118. The Morgan fingerprint density at radius 1 is 1.37 bits per heavy atom. The van der Waals surface area contributed by atoms with E-state index in [-0.39, 0.29) is 13.2 Å². The van der Waals surface area contributed by atoms with Gasteiger partial charge in [-0.2, -0.15) is 0 Å². The van der Waals surface area contributed by atoms with Crippen LogP contribution >= 0.6 is 11.6 Å². The van der Waals surface area contributed by atoms with E-state index in [4.69, 9.17) is 16.3 Å². The second-order valence-corrected chi connectivity index (χ2v) is 4.26. The predicted molar refractivity (Wildman–Crippen MR) is 72.2 cm³/mol. The average Bonchev–Trinajstić information content (AvgIpc) is 2.40. The van der Waals surface area contributed by atoms with Crippen LogP contribution in [-0.2, 0) is 4.74 Å². The number of hydrogen-bond donors (Lipinski definition) is 0. The molecule has 0 atom stereocenters. The van der Waals surface area contributed by atoms with Crippen LogP contribution in [0.4, 0.5) is 15.3 Å². The van der Waals surface area contributed by atoms with Crippen molar-refractivity contribution < 1.29 is 14.3 Å². The Hall–Kier alpha value is -2.01. The highest BCUT2D eigenvalue weighted by Gasteiger charge is 2.29. The van der Waals surface area contributed by atoms with E-state index < -0.39 is 12.1 Å². The fraction of sp³-hybridized carbons (Fsp3) is 0.231. The average molecular weight is 281 g/mol. The monoisotopic (exact) mass is 280 g/mol. The summed E-state index contributed by atoms with van der Waals surface area (Å²) in [5, 5.41) is 0.583. The van der Waals surface area contributed by atoms with E-state index >= 15 is 0 Å². The molecule has 6 heteroatoms. The molecule has 0 radical (unpaired) electrons. The van der Waals surface area contributed by atoms with Gasteiger partial charge in [-0.15, -0.1) is 0 Å². The first kappa shape index (κ1) is 13.4. The van der Waals surface area contributed by atoms with Crippen LogP contribution in [0.25, 0.3) is 0 Å². The van der Waals surface area contributed by atoms with Crippen molar-refractivity contribution in [3.05, 3.63) is 41.6 Å². The first-order valence-corrected chi connectivity index (χ1v) is 6.21. The minimum absolute atomic E-state index is 0.210. The lowest BCUT2D eigenvalue weighted by Crippen LogP contribution is -2.47. The molecule has 2 rings (SSSR count). The van der Waals surface area contributed by atoms with Crippen molar-refractivity contribution in [2.24, 2.45) is 0 Å². The fourth-order valence-electron chi connectivity index (χ4n) is 1.68. The summed E-state index contributed by atoms with van der Waals surface area (Å²) in [6.07, 6.45) is 2.70. The summed E-state index contributed by atoms with van der Waals surface area (Å²) in [4.78, 5) is 26.2. The highest BCUT2D eigenvalue weighted by Crippen LogP contribution is 2.22. The van der Waals surface area contributed by atoms with E-state index in [1.165, 1.54) is 4.90 Å².